The molecule has 1 fully saturated rings. The number of nitriles is 1. The fourth-order valence-electron chi connectivity index (χ4n) is 4.41. The van der Waals surface area contributed by atoms with Gasteiger partial charge >= 0.3 is 0 Å². The van der Waals surface area contributed by atoms with Gasteiger partial charge in [-0.3, -0.25) is 14.8 Å². The van der Waals surface area contributed by atoms with Crippen molar-refractivity contribution in [3.63, 3.8) is 0 Å². The van der Waals surface area contributed by atoms with E-state index in [9.17, 15) is 10.1 Å². The topological polar surface area (TPSA) is 82.1 Å². The molecule has 152 valence electrons. The Morgan fingerprint density at radius 2 is 2.07 bits per heavy atom. The lowest BCUT2D eigenvalue weighted by Crippen LogP contribution is -2.33. The highest BCUT2D eigenvalue weighted by atomic mass is 32.2. The van der Waals surface area contributed by atoms with Gasteiger partial charge < -0.3 is 5.32 Å². The second kappa shape index (κ2) is 9.31. The third kappa shape index (κ3) is 4.84. The van der Waals surface area contributed by atoms with Gasteiger partial charge in [-0.25, -0.2) is 0 Å². The van der Waals surface area contributed by atoms with Crippen molar-refractivity contribution in [2.75, 3.05) is 18.4 Å². The Balaban J connectivity index is 1.42. The molecule has 2 heterocycles. The summed E-state index contributed by atoms with van der Waals surface area (Å²) in [5, 5.41) is 19.0. The van der Waals surface area contributed by atoms with Gasteiger partial charge in [0, 0.05) is 35.0 Å². The molecule has 29 heavy (non-hydrogen) atoms. The quantitative estimate of drug-likeness (QED) is 0.673. The van der Waals surface area contributed by atoms with Crippen molar-refractivity contribution < 1.29 is 4.79 Å². The predicted octanol–water partition coefficient (Wildman–Crippen LogP) is 4.32. The molecule has 1 aliphatic carbocycles. The van der Waals surface area contributed by atoms with Gasteiger partial charge in [0.15, 0.2) is 0 Å². The van der Waals surface area contributed by atoms with Gasteiger partial charge in [-0.05, 0) is 54.8 Å². The highest BCUT2D eigenvalue weighted by molar-refractivity contribution is 7.97. The molecule has 0 saturated heterocycles. The standard InChI is InChI=1S/C22H26N4OS2/c23-12-18-19-14-26(13-16-3-1-2-4-16)10-9-20(19)28-22(18)25-21(27)11-15-5-7-17(29-24)8-6-15/h5-8,16H,1-4,9-11,13-14,24H2,(H,25,27). The van der Waals surface area contributed by atoms with Gasteiger partial charge in [0.25, 0.3) is 0 Å². The SMILES string of the molecule is N#Cc1c(NC(=O)Cc2ccc(SN)cc2)sc2c1CN(CC1CCCC1)CC2. The molecule has 2 aliphatic rings. The van der Waals surface area contributed by atoms with Crippen LogP contribution in [0.2, 0.25) is 0 Å². The Hall–Kier alpha value is -1.85. The molecule has 1 saturated carbocycles. The van der Waals surface area contributed by atoms with Gasteiger partial charge in [-0.15, -0.1) is 11.3 Å². The second-order valence-electron chi connectivity index (χ2n) is 7.94. The lowest BCUT2D eigenvalue weighted by atomic mass is 10.0. The average Bonchev–Trinajstić information content (AvgIpc) is 3.35. The minimum atomic E-state index is -0.0870. The summed E-state index contributed by atoms with van der Waals surface area (Å²) in [5.74, 6) is 0.722. The van der Waals surface area contributed by atoms with Crippen LogP contribution in [0.1, 0.15) is 47.3 Å². The minimum Gasteiger partial charge on any atom is -0.316 e. The second-order valence-corrected chi connectivity index (χ2v) is 9.75. The first-order valence-electron chi connectivity index (χ1n) is 10.2. The smallest absolute Gasteiger partial charge is 0.229 e. The van der Waals surface area contributed by atoms with E-state index in [4.69, 9.17) is 5.14 Å². The maximum absolute atomic E-state index is 12.6. The fraction of sp³-hybridized carbons (Fsp3) is 0.455. The maximum atomic E-state index is 12.6. The number of hydrogen-bond donors (Lipinski definition) is 2. The molecular formula is C22H26N4OS2. The van der Waals surface area contributed by atoms with Crippen LogP contribution in [-0.2, 0) is 24.2 Å². The van der Waals surface area contributed by atoms with E-state index in [1.54, 1.807) is 11.3 Å². The molecule has 1 aliphatic heterocycles. The number of amides is 1. The Labute approximate surface area is 180 Å². The molecule has 1 aromatic carbocycles. The van der Waals surface area contributed by atoms with E-state index in [0.717, 1.165) is 48.0 Å². The highest BCUT2D eigenvalue weighted by Crippen LogP contribution is 2.37. The Morgan fingerprint density at radius 1 is 1.31 bits per heavy atom. The van der Waals surface area contributed by atoms with E-state index in [0.29, 0.717) is 10.6 Å². The summed E-state index contributed by atoms with van der Waals surface area (Å²) in [5.41, 5.74) is 2.72. The monoisotopic (exact) mass is 426 g/mol. The summed E-state index contributed by atoms with van der Waals surface area (Å²) in [6, 6.07) is 10.0. The van der Waals surface area contributed by atoms with Crippen LogP contribution >= 0.6 is 23.3 Å². The van der Waals surface area contributed by atoms with Crippen molar-refractivity contribution in [3.8, 4) is 6.07 Å². The van der Waals surface area contributed by atoms with Crippen molar-refractivity contribution in [3.05, 3.63) is 45.8 Å². The minimum absolute atomic E-state index is 0.0870. The van der Waals surface area contributed by atoms with Crippen molar-refractivity contribution in [1.82, 2.24) is 4.90 Å². The van der Waals surface area contributed by atoms with Crippen LogP contribution in [0.3, 0.4) is 0 Å². The number of hydrogen-bond acceptors (Lipinski definition) is 6. The molecule has 2 aromatic rings. The van der Waals surface area contributed by atoms with Crippen LogP contribution in [0.15, 0.2) is 29.2 Å². The van der Waals surface area contributed by atoms with Crippen LogP contribution in [0.5, 0.6) is 0 Å². The van der Waals surface area contributed by atoms with Crippen LogP contribution < -0.4 is 10.5 Å². The molecule has 0 radical (unpaired) electrons. The number of benzene rings is 1. The predicted molar refractivity (Wildman–Crippen MR) is 119 cm³/mol. The molecule has 3 N–H and O–H groups in total. The van der Waals surface area contributed by atoms with Gasteiger partial charge in [0.2, 0.25) is 5.91 Å². The summed E-state index contributed by atoms with van der Waals surface area (Å²) in [4.78, 5) is 17.3. The first kappa shape index (κ1) is 20.4. The first-order chi connectivity index (χ1) is 14.2. The molecule has 7 heteroatoms. The van der Waals surface area contributed by atoms with E-state index in [-0.39, 0.29) is 12.3 Å². The zero-order valence-corrected chi connectivity index (χ0v) is 18.1. The number of fused-ring (bicyclic) bond motifs is 1. The zero-order chi connectivity index (χ0) is 20.2. The molecule has 5 nitrogen and oxygen atoms in total. The van der Waals surface area contributed by atoms with Crippen molar-refractivity contribution >= 4 is 34.2 Å². The molecule has 4 rings (SSSR count). The van der Waals surface area contributed by atoms with Gasteiger partial charge in [-0.1, -0.05) is 25.0 Å². The molecule has 0 atom stereocenters. The summed E-state index contributed by atoms with van der Waals surface area (Å²) in [6.45, 7) is 3.02. The number of thiophene rings is 1. The van der Waals surface area contributed by atoms with E-state index >= 15 is 0 Å². The van der Waals surface area contributed by atoms with Gasteiger partial charge in [0.05, 0.1) is 12.0 Å². The molecule has 0 unspecified atom stereocenters. The third-order valence-corrected chi connectivity index (χ3v) is 7.66. The molecule has 1 aromatic heterocycles. The third-order valence-electron chi connectivity index (χ3n) is 5.91. The lowest BCUT2D eigenvalue weighted by Gasteiger charge is -2.29. The summed E-state index contributed by atoms with van der Waals surface area (Å²) in [6.07, 6.45) is 6.65. The number of nitrogens with one attached hydrogen (secondary N) is 1. The van der Waals surface area contributed by atoms with Gasteiger partial charge in [-0.2, -0.15) is 5.26 Å². The summed E-state index contributed by atoms with van der Waals surface area (Å²) in [7, 11) is 0. The van der Waals surface area contributed by atoms with Gasteiger partial charge in [0.1, 0.15) is 11.1 Å². The number of carbonyl (C=O) groups is 1. The Morgan fingerprint density at radius 3 is 2.76 bits per heavy atom. The highest BCUT2D eigenvalue weighted by Gasteiger charge is 2.27. The van der Waals surface area contributed by atoms with E-state index in [1.807, 2.05) is 24.3 Å². The first-order valence-corrected chi connectivity index (χ1v) is 11.9. The summed E-state index contributed by atoms with van der Waals surface area (Å²) >= 11 is 2.77. The van der Waals surface area contributed by atoms with Crippen LogP contribution in [-0.4, -0.2) is 23.9 Å². The number of rotatable bonds is 6. The molecule has 0 bridgehead atoms. The van der Waals surface area contributed by atoms with Crippen LogP contribution in [0, 0.1) is 17.2 Å². The van der Waals surface area contributed by atoms with Crippen molar-refractivity contribution in [1.29, 1.82) is 5.26 Å². The largest absolute Gasteiger partial charge is 0.316 e. The van der Waals surface area contributed by atoms with E-state index in [2.05, 4.69) is 16.3 Å². The Kier molecular flexibility index (Phi) is 6.56. The Bertz CT molecular complexity index is 910. The van der Waals surface area contributed by atoms with Crippen molar-refractivity contribution in [2.24, 2.45) is 11.1 Å². The molecular weight excluding hydrogens is 400 g/mol. The number of anilines is 1. The normalized spacial score (nSPS) is 17.1. The van der Waals surface area contributed by atoms with Crippen LogP contribution in [0.25, 0.3) is 0 Å². The average molecular weight is 427 g/mol. The number of nitrogens with zero attached hydrogens (tertiary/aromatic N) is 2. The number of nitrogens with two attached hydrogens (primary N) is 1. The lowest BCUT2D eigenvalue weighted by molar-refractivity contribution is -0.115. The summed E-state index contributed by atoms with van der Waals surface area (Å²) < 4.78 is 0. The van der Waals surface area contributed by atoms with Crippen LogP contribution in [0.4, 0.5) is 5.00 Å². The van der Waals surface area contributed by atoms with E-state index < -0.39 is 0 Å². The fourth-order valence-corrected chi connectivity index (χ4v) is 5.86. The number of carbonyl (C=O) groups excluding carboxylic acids is 1. The zero-order valence-electron chi connectivity index (χ0n) is 16.4. The van der Waals surface area contributed by atoms with E-state index in [1.165, 1.54) is 42.5 Å². The molecule has 0 spiro atoms. The van der Waals surface area contributed by atoms with Crippen molar-refractivity contribution in [2.45, 2.75) is 50.0 Å². The molecule has 1 amide bonds. The maximum Gasteiger partial charge on any atom is 0.229 e.